The number of benzene rings is 1. The Labute approximate surface area is 124 Å². The smallest absolute Gasteiger partial charge is 0.222 e. The highest BCUT2D eigenvalue weighted by atomic mass is 19.1. The van der Waals surface area contributed by atoms with Crippen LogP contribution in [0.25, 0.3) is 0 Å². The van der Waals surface area contributed by atoms with E-state index in [1.54, 1.807) is 4.90 Å². The molecular formula is C16H22F2N2O. The van der Waals surface area contributed by atoms with Crippen molar-refractivity contribution in [3.05, 3.63) is 35.4 Å². The summed E-state index contributed by atoms with van der Waals surface area (Å²) in [6, 6.07) is 2.74. The van der Waals surface area contributed by atoms with Crippen molar-refractivity contribution in [3.63, 3.8) is 0 Å². The Bertz CT molecular complexity index is 507. The van der Waals surface area contributed by atoms with Crippen molar-refractivity contribution in [3.8, 4) is 0 Å². The Morgan fingerprint density at radius 2 is 2.14 bits per heavy atom. The molecule has 0 bridgehead atoms. The summed E-state index contributed by atoms with van der Waals surface area (Å²) in [4.78, 5) is 13.8. The second-order valence-corrected chi connectivity index (χ2v) is 5.71. The first-order valence-corrected chi connectivity index (χ1v) is 7.49. The summed E-state index contributed by atoms with van der Waals surface area (Å²) >= 11 is 0. The number of carbonyl (C=O) groups is 1. The number of nitrogens with zero attached hydrogens (tertiary/aromatic N) is 1. The number of amides is 1. The molecule has 21 heavy (non-hydrogen) atoms. The fourth-order valence-corrected chi connectivity index (χ4v) is 2.83. The molecule has 3 nitrogen and oxygen atoms in total. The highest BCUT2D eigenvalue weighted by molar-refractivity contribution is 5.76. The topological polar surface area (TPSA) is 46.3 Å². The maximum atomic E-state index is 13.7. The number of nitrogens with two attached hydrogens (primary N) is 1. The summed E-state index contributed by atoms with van der Waals surface area (Å²) in [5.74, 6) is -0.641. The van der Waals surface area contributed by atoms with Crippen molar-refractivity contribution in [1.29, 1.82) is 0 Å². The molecule has 0 aliphatic carbocycles. The van der Waals surface area contributed by atoms with Gasteiger partial charge in [0.25, 0.3) is 0 Å². The van der Waals surface area contributed by atoms with E-state index in [2.05, 4.69) is 6.92 Å². The second-order valence-electron chi connectivity index (χ2n) is 5.71. The monoisotopic (exact) mass is 296 g/mol. The molecule has 0 aromatic heterocycles. The molecule has 1 saturated heterocycles. The average molecular weight is 296 g/mol. The van der Waals surface area contributed by atoms with Crippen LogP contribution >= 0.6 is 0 Å². The summed E-state index contributed by atoms with van der Waals surface area (Å²) in [5.41, 5.74) is 6.25. The molecular weight excluding hydrogens is 274 g/mol. The molecule has 1 aromatic rings. The lowest BCUT2D eigenvalue weighted by Gasteiger charge is -2.25. The Hall–Kier alpha value is -1.49. The number of hydrogen-bond donors (Lipinski definition) is 1. The SMILES string of the molecule is CCC1CCC(=O)N(CC(N)c2ccc(F)cc2F)CC1. The summed E-state index contributed by atoms with van der Waals surface area (Å²) < 4.78 is 26.6. The Morgan fingerprint density at radius 1 is 1.38 bits per heavy atom. The van der Waals surface area contributed by atoms with Gasteiger partial charge in [-0.05, 0) is 24.8 Å². The molecule has 2 unspecified atom stereocenters. The minimum Gasteiger partial charge on any atom is -0.341 e. The van der Waals surface area contributed by atoms with Crippen LogP contribution in [0.3, 0.4) is 0 Å². The van der Waals surface area contributed by atoms with Crippen molar-refractivity contribution < 1.29 is 13.6 Å². The van der Waals surface area contributed by atoms with Crippen LogP contribution < -0.4 is 5.73 Å². The lowest BCUT2D eigenvalue weighted by Crippen LogP contribution is -2.37. The lowest BCUT2D eigenvalue weighted by molar-refractivity contribution is -0.130. The molecule has 0 spiro atoms. The van der Waals surface area contributed by atoms with Crippen LogP contribution in [0.5, 0.6) is 0 Å². The maximum Gasteiger partial charge on any atom is 0.222 e. The maximum absolute atomic E-state index is 13.7. The van der Waals surface area contributed by atoms with Crippen molar-refractivity contribution in [2.45, 2.75) is 38.6 Å². The van der Waals surface area contributed by atoms with E-state index in [4.69, 9.17) is 5.73 Å². The first-order chi connectivity index (χ1) is 10.0. The van der Waals surface area contributed by atoms with Gasteiger partial charge in [-0.2, -0.15) is 0 Å². The van der Waals surface area contributed by atoms with E-state index in [0.29, 0.717) is 18.9 Å². The van der Waals surface area contributed by atoms with Gasteiger partial charge in [0, 0.05) is 31.1 Å². The van der Waals surface area contributed by atoms with Crippen LogP contribution in [0.15, 0.2) is 18.2 Å². The van der Waals surface area contributed by atoms with Crippen molar-refractivity contribution in [1.82, 2.24) is 4.90 Å². The molecule has 1 heterocycles. The molecule has 1 aromatic carbocycles. The molecule has 1 aliphatic rings. The molecule has 1 fully saturated rings. The summed E-state index contributed by atoms with van der Waals surface area (Å²) in [6.07, 6.45) is 3.46. The zero-order chi connectivity index (χ0) is 15.4. The number of likely N-dealkylation sites (tertiary alicyclic amines) is 1. The van der Waals surface area contributed by atoms with Gasteiger partial charge >= 0.3 is 0 Å². The number of halogens is 2. The zero-order valence-corrected chi connectivity index (χ0v) is 12.3. The van der Waals surface area contributed by atoms with Gasteiger partial charge in [0.05, 0.1) is 6.04 Å². The minimum absolute atomic E-state index is 0.0731. The van der Waals surface area contributed by atoms with Gasteiger partial charge in [0.2, 0.25) is 5.91 Å². The van der Waals surface area contributed by atoms with Crippen molar-refractivity contribution in [2.24, 2.45) is 11.7 Å². The Balaban J connectivity index is 2.04. The van der Waals surface area contributed by atoms with Gasteiger partial charge < -0.3 is 10.6 Å². The van der Waals surface area contributed by atoms with Gasteiger partial charge in [0.1, 0.15) is 11.6 Å². The Kier molecular flexibility index (Phi) is 5.28. The molecule has 116 valence electrons. The van der Waals surface area contributed by atoms with Crippen LogP contribution in [0.4, 0.5) is 8.78 Å². The highest BCUT2D eigenvalue weighted by Gasteiger charge is 2.24. The van der Waals surface area contributed by atoms with Crippen LogP contribution in [-0.2, 0) is 4.79 Å². The third kappa shape index (κ3) is 4.00. The molecule has 2 rings (SSSR count). The molecule has 2 N–H and O–H groups in total. The fourth-order valence-electron chi connectivity index (χ4n) is 2.83. The number of carbonyl (C=O) groups excluding carboxylic acids is 1. The van der Waals surface area contributed by atoms with E-state index >= 15 is 0 Å². The molecule has 5 heteroatoms. The van der Waals surface area contributed by atoms with E-state index < -0.39 is 17.7 Å². The third-order valence-electron chi connectivity index (χ3n) is 4.28. The quantitative estimate of drug-likeness (QED) is 0.928. The molecule has 0 saturated carbocycles. The molecule has 1 aliphatic heterocycles. The van der Waals surface area contributed by atoms with Crippen LogP contribution in [-0.4, -0.2) is 23.9 Å². The van der Waals surface area contributed by atoms with Gasteiger partial charge in [-0.3, -0.25) is 4.79 Å². The number of rotatable bonds is 4. The molecule has 0 radical (unpaired) electrons. The normalized spacial score (nSPS) is 21.2. The lowest BCUT2D eigenvalue weighted by atomic mass is 9.98. The van der Waals surface area contributed by atoms with Gasteiger partial charge in [0.15, 0.2) is 0 Å². The van der Waals surface area contributed by atoms with E-state index in [9.17, 15) is 13.6 Å². The van der Waals surface area contributed by atoms with Crippen molar-refractivity contribution in [2.75, 3.05) is 13.1 Å². The summed E-state index contributed by atoms with van der Waals surface area (Å²) in [7, 11) is 0. The minimum atomic E-state index is -0.656. The largest absolute Gasteiger partial charge is 0.341 e. The summed E-state index contributed by atoms with van der Waals surface area (Å²) in [6.45, 7) is 3.07. The van der Waals surface area contributed by atoms with E-state index in [1.165, 1.54) is 12.1 Å². The molecule has 1 amide bonds. The van der Waals surface area contributed by atoms with E-state index in [-0.39, 0.29) is 18.0 Å². The second kappa shape index (κ2) is 6.98. The van der Waals surface area contributed by atoms with Crippen LogP contribution in [0.1, 0.15) is 44.2 Å². The third-order valence-corrected chi connectivity index (χ3v) is 4.28. The van der Waals surface area contributed by atoms with E-state index in [0.717, 1.165) is 25.3 Å². The predicted octanol–water partition coefficient (Wildman–Crippen LogP) is 3.00. The first-order valence-electron chi connectivity index (χ1n) is 7.49. The predicted molar refractivity (Wildman–Crippen MR) is 77.5 cm³/mol. The molecule has 2 atom stereocenters. The fraction of sp³-hybridized carbons (Fsp3) is 0.562. The van der Waals surface area contributed by atoms with Crippen molar-refractivity contribution >= 4 is 5.91 Å². The summed E-state index contributed by atoms with van der Waals surface area (Å²) in [5, 5.41) is 0. The van der Waals surface area contributed by atoms with Gasteiger partial charge in [-0.15, -0.1) is 0 Å². The average Bonchev–Trinajstić information content (AvgIpc) is 2.61. The van der Waals surface area contributed by atoms with Gasteiger partial charge in [-0.25, -0.2) is 8.78 Å². The van der Waals surface area contributed by atoms with E-state index in [1.807, 2.05) is 0 Å². The van der Waals surface area contributed by atoms with Crippen LogP contribution in [0, 0.1) is 17.6 Å². The zero-order valence-electron chi connectivity index (χ0n) is 12.3. The highest BCUT2D eigenvalue weighted by Crippen LogP contribution is 2.23. The Morgan fingerprint density at radius 3 is 2.81 bits per heavy atom. The standard InChI is InChI=1S/C16H22F2N2O/c1-2-11-3-6-16(21)20(8-7-11)10-15(19)13-5-4-12(17)9-14(13)18/h4-5,9,11,15H,2-3,6-8,10,19H2,1H3. The van der Waals surface area contributed by atoms with Gasteiger partial charge in [-0.1, -0.05) is 19.4 Å². The first kappa shape index (κ1) is 15.9. The number of hydrogen-bond acceptors (Lipinski definition) is 2. The van der Waals surface area contributed by atoms with Crippen LogP contribution in [0.2, 0.25) is 0 Å².